The molecule has 0 bridgehead atoms. The summed E-state index contributed by atoms with van der Waals surface area (Å²) in [5.74, 6) is 0. The lowest BCUT2D eigenvalue weighted by molar-refractivity contribution is -0.383. The second-order valence-corrected chi connectivity index (χ2v) is 3.10. The number of nitro benzene ring substituents is 1. The van der Waals surface area contributed by atoms with Crippen LogP contribution in [0.5, 0.6) is 0 Å². The van der Waals surface area contributed by atoms with Crippen molar-refractivity contribution >= 4 is 16.5 Å². The van der Waals surface area contributed by atoms with Gasteiger partial charge in [-0.25, -0.2) is 4.39 Å². The fourth-order valence-electron chi connectivity index (χ4n) is 1.47. The molecule has 4 nitrogen and oxygen atoms in total. The zero-order valence-electron chi connectivity index (χ0n) is 7.68. The van der Waals surface area contributed by atoms with Crippen LogP contribution in [-0.2, 0) is 6.67 Å². The van der Waals surface area contributed by atoms with E-state index in [-0.39, 0.29) is 5.69 Å². The Morgan fingerprint density at radius 3 is 2.93 bits per heavy atom. The summed E-state index contributed by atoms with van der Waals surface area (Å²) in [5, 5.41) is 11.8. The van der Waals surface area contributed by atoms with Crippen molar-refractivity contribution in [3.8, 4) is 0 Å². The minimum atomic E-state index is -0.709. The average Bonchev–Trinajstić information content (AvgIpc) is 2.27. The molecule has 0 N–H and O–H groups in total. The Morgan fingerprint density at radius 1 is 1.47 bits per heavy atom. The lowest BCUT2D eigenvalue weighted by Crippen LogP contribution is -1.92. The summed E-state index contributed by atoms with van der Waals surface area (Å²) in [6.07, 6.45) is 2.93. The summed E-state index contributed by atoms with van der Waals surface area (Å²) < 4.78 is 12.5. The summed E-state index contributed by atoms with van der Waals surface area (Å²) in [6.45, 7) is -0.709. The number of alkyl halides is 1. The molecule has 0 saturated heterocycles. The van der Waals surface area contributed by atoms with Crippen molar-refractivity contribution in [2.24, 2.45) is 0 Å². The summed E-state index contributed by atoms with van der Waals surface area (Å²) in [7, 11) is 0. The predicted octanol–water partition coefficient (Wildman–Crippen LogP) is 2.61. The van der Waals surface area contributed by atoms with Crippen molar-refractivity contribution in [3.05, 3.63) is 46.3 Å². The topological polar surface area (TPSA) is 56.0 Å². The SMILES string of the molecule is O=[N+]([O-])c1cc(CF)cc2ccncc12. The van der Waals surface area contributed by atoms with Gasteiger partial charge in [0.25, 0.3) is 5.69 Å². The first-order valence-corrected chi connectivity index (χ1v) is 4.29. The van der Waals surface area contributed by atoms with Crippen LogP contribution in [0.15, 0.2) is 30.6 Å². The standard InChI is InChI=1S/C10H7FN2O2/c11-5-7-3-8-1-2-12-6-9(8)10(4-7)13(14)15/h1-4,6H,5H2. The third-order valence-electron chi connectivity index (χ3n) is 2.14. The largest absolute Gasteiger partial charge is 0.279 e. The van der Waals surface area contributed by atoms with Crippen molar-refractivity contribution < 1.29 is 9.31 Å². The Labute approximate surface area is 84.5 Å². The number of nitro groups is 1. The zero-order chi connectivity index (χ0) is 10.8. The van der Waals surface area contributed by atoms with Gasteiger partial charge in [-0.05, 0) is 23.1 Å². The van der Waals surface area contributed by atoms with Crippen molar-refractivity contribution in [2.45, 2.75) is 6.67 Å². The van der Waals surface area contributed by atoms with Crippen LogP contribution in [0.3, 0.4) is 0 Å². The van der Waals surface area contributed by atoms with Gasteiger partial charge in [0.1, 0.15) is 6.67 Å². The van der Waals surface area contributed by atoms with Crippen LogP contribution in [0.2, 0.25) is 0 Å². The molecular formula is C10H7FN2O2. The van der Waals surface area contributed by atoms with Gasteiger partial charge in [0, 0.05) is 18.5 Å². The number of aromatic nitrogens is 1. The molecule has 1 aromatic carbocycles. The third-order valence-corrected chi connectivity index (χ3v) is 2.14. The van der Waals surface area contributed by atoms with Crippen LogP contribution in [0.1, 0.15) is 5.56 Å². The normalized spacial score (nSPS) is 10.5. The predicted molar refractivity (Wildman–Crippen MR) is 53.2 cm³/mol. The molecule has 0 spiro atoms. The van der Waals surface area contributed by atoms with E-state index in [2.05, 4.69) is 4.98 Å². The average molecular weight is 206 g/mol. The molecule has 0 aliphatic rings. The number of fused-ring (bicyclic) bond motifs is 1. The van der Waals surface area contributed by atoms with Crippen molar-refractivity contribution in [2.75, 3.05) is 0 Å². The number of halogens is 1. The second kappa shape index (κ2) is 3.61. The van der Waals surface area contributed by atoms with Crippen LogP contribution in [0, 0.1) is 10.1 Å². The zero-order valence-corrected chi connectivity index (χ0v) is 7.68. The van der Waals surface area contributed by atoms with E-state index in [4.69, 9.17) is 0 Å². The molecule has 0 radical (unpaired) electrons. The Kier molecular flexibility index (Phi) is 2.29. The van der Waals surface area contributed by atoms with Crippen LogP contribution in [0.4, 0.5) is 10.1 Å². The van der Waals surface area contributed by atoms with Crippen LogP contribution < -0.4 is 0 Å². The van der Waals surface area contributed by atoms with Gasteiger partial charge in [-0.2, -0.15) is 0 Å². The van der Waals surface area contributed by atoms with Crippen LogP contribution >= 0.6 is 0 Å². The van der Waals surface area contributed by atoms with E-state index in [1.165, 1.54) is 18.5 Å². The highest BCUT2D eigenvalue weighted by molar-refractivity contribution is 5.90. The molecule has 1 aromatic heterocycles. The maximum atomic E-state index is 12.5. The quantitative estimate of drug-likeness (QED) is 0.560. The van der Waals surface area contributed by atoms with Gasteiger partial charge in [0.05, 0.1) is 10.3 Å². The Hall–Kier alpha value is -2.04. The first-order valence-electron chi connectivity index (χ1n) is 4.29. The molecule has 76 valence electrons. The smallest absolute Gasteiger partial charge is 0.264 e. The van der Waals surface area contributed by atoms with E-state index in [0.29, 0.717) is 16.3 Å². The van der Waals surface area contributed by atoms with Gasteiger partial charge < -0.3 is 0 Å². The Balaban J connectivity index is 2.80. The monoisotopic (exact) mass is 206 g/mol. The second-order valence-electron chi connectivity index (χ2n) is 3.10. The maximum Gasteiger partial charge on any atom is 0.279 e. The van der Waals surface area contributed by atoms with Crippen molar-refractivity contribution in [1.82, 2.24) is 4.98 Å². The third kappa shape index (κ3) is 1.63. The van der Waals surface area contributed by atoms with Crippen molar-refractivity contribution in [1.29, 1.82) is 0 Å². The molecule has 0 amide bonds. The number of hydrogen-bond donors (Lipinski definition) is 0. The number of hydrogen-bond acceptors (Lipinski definition) is 3. The van der Waals surface area contributed by atoms with Crippen LogP contribution in [-0.4, -0.2) is 9.91 Å². The number of benzene rings is 1. The number of non-ortho nitro benzene ring substituents is 1. The molecular weight excluding hydrogens is 199 g/mol. The van der Waals surface area contributed by atoms with Gasteiger partial charge >= 0.3 is 0 Å². The molecule has 0 aliphatic heterocycles. The lowest BCUT2D eigenvalue weighted by Gasteiger charge is -2.01. The molecule has 0 saturated carbocycles. The van der Waals surface area contributed by atoms with Gasteiger partial charge in [-0.3, -0.25) is 15.1 Å². The fraction of sp³-hybridized carbons (Fsp3) is 0.100. The minimum absolute atomic E-state index is 0.103. The van der Waals surface area contributed by atoms with E-state index < -0.39 is 11.6 Å². The summed E-state index contributed by atoms with van der Waals surface area (Å²) in [6, 6.07) is 4.45. The van der Waals surface area contributed by atoms with Gasteiger partial charge in [0.2, 0.25) is 0 Å². The molecule has 1 heterocycles. The summed E-state index contributed by atoms with van der Waals surface area (Å²) in [5.41, 5.74) is 0.202. The summed E-state index contributed by atoms with van der Waals surface area (Å²) >= 11 is 0. The Bertz CT molecular complexity index is 528. The number of rotatable bonds is 2. The minimum Gasteiger partial charge on any atom is -0.264 e. The highest BCUT2D eigenvalue weighted by Gasteiger charge is 2.13. The number of nitrogens with zero attached hydrogens (tertiary/aromatic N) is 2. The van der Waals surface area contributed by atoms with E-state index in [0.717, 1.165) is 0 Å². The fourth-order valence-corrected chi connectivity index (χ4v) is 1.47. The molecule has 0 atom stereocenters. The highest BCUT2D eigenvalue weighted by atomic mass is 19.1. The van der Waals surface area contributed by atoms with E-state index in [1.807, 2.05) is 0 Å². The Morgan fingerprint density at radius 2 is 2.27 bits per heavy atom. The van der Waals surface area contributed by atoms with Crippen LogP contribution in [0.25, 0.3) is 10.8 Å². The van der Waals surface area contributed by atoms with Gasteiger partial charge in [-0.15, -0.1) is 0 Å². The molecule has 2 aromatic rings. The van der Waals surface area contributed by atoms with Gasteiger partial charge in [0.15, 0.2) is 0 Å². The molecule has 5 heteroatoms. The van der Waals surface area contributed by atoms with E-state index in [1.54, 1.807) is 12.1 Å². The molecule has 0 fully saturated rings. The number of pyridine rings is 1. The van der Waals surface area contributed by atoms with Gasteiger partial charge in [-0.1, -0.05) is 0 Å². The molecule has 2 rings (SSSR count). The highest BCUT2D eigenvalue weighted by Crippen LogP contribution is 2.26. The molecule has 0 unspecified atom stereocenters. The van der Waals surface area contributed by atoms with Crippen molar-refractivity contribution in [3.63, 3.8) is 0 Å². The van der Waals surface area contributed by atoms with E-state index >= 15 is 0 Å². The maximum absolute atomic E-state index is 12.5. The first-order chi connectivity index (χ1) is 7.22. The summed E-state index contributed by atoms with van der Waals surface area (Å²) in [4.78, 5) is 14.0. The molecule has 15 heavy (non-hydrogen) atoms. The van der Waals surface area contributed by atoms with E-state index in [9.17, 15) is 14.5 Å². The molecule has 0 aliphatic carbocycles. The first kappa shape index (κ1) is 9.51. The lowest BCUT2D eigenvalue weighted by atomic mass is 10.1.